The summed E-state index contributed by atoms with van der Waals surface area (Å²) in [4.78, 5) is 0. The molecule has 4 rings (SSSR count). The maximum absolute atomic E-state index is 5.40. The first kappa shape index (κ1) is 19.2. The van der Waals surface area contributed by atoms with Gasteiger partial charge in [-0.15, -0.1) is 5.10 Å². The fourth-order valence-electron chi connectivity index (χ4n) is 4.02. The van der Waals surface area contributed by atoms with Crippen LogP contribution in [0.25, 0.3) is 5.69 Å². The smallest absolute Gasteiger partial charge is 0.181 e. The highest BCUT2D eigenvalue weighted by molar-refractivity contribution is 5.51. The number of rotatable bonds is 6. The first-order chi connectivity index (χ1) is 14.1. The molecule has 7 nitrogen and oxygen atoms in total. The first-order valence-electron chi connectivity index (χ1n) is 9.99. The number of tetrazole rings is 1. The second-order valence-corrected chi connectivity index (χ2v) is 7.73. The topological polar surface area (TPSA) is 74.1 Å². The van der Waals surface area contributed by atoms with Crippen molar-refractivity contribution >= 4 is 5.69 Å². The van der Waals surface area contributed by atoms with Crippen molar-refractivity contribution in [3.63, 3.8) is 0 Å². The fourth-order valence-corrected chi connectivity index (χ4v) is 4.02. The van der Waals surface area contributed by atoms with Crippen LogP contribution in [0.5, 0.6) is 11.5 Å². The van der Waals surface area contributed by atoms with Crippen molar-refractivity contribution in [2.75, 3.05) is 19.5 Å². The van der Waals surface area contributed by atoms with Crippen LogP contribution in [0.2, 0.25) is 0 Å². The number of hydrogen-bond acceptors (Lipinski definition) is 6. The molecule has 0 bridgehead atoms. The van der Waals surface area contributed by atoms with Gasteiger partial charge in [0.15, 0.2) is 5.82 Å². The molecule has 29 heavy (non-hydrogen) atoms. The Balaban J connectivity index is 1.73. The minimum atomic E-state index is -0.345. The zero-order valence-corrected chi connectivity index (χ0v) is 17.1. The summed E-state index contributed by atoms with van der Waals surface area (Å²) in [5, 5.41) is 16.6. The van der Waals surface area contributed by atoms with E-state index >= 15 is 0 Å². The average molecular weight is 393 g/mol. The molecule has 1 N–H and O–H groups in total. The van der Waals surface area contributed by atoms with Gasteiger partial charge >= 0.3 is 0 Å². The van der Waals surface area contributed by atoms with E-state index in [0.29, 0.717) is 5.92 Å². The van der Waals surface area contributed by atoms with Crippen molar-refractivity contribution in [3.8, 4) is 17.2 Å². The van der Waals surface area contributed by atoms with Crippen LogP contribution in [-0.2, 0) is 5.54 Å². The van der Waals surface area contributed by atoms with Gasteiger partial charge < -0.3 is 14.8 Å². The number of benzene rings is 2. The van der Waals surface area contributed by atoms with E-state index in [9.17, 15) is 0 Å². The normalized spacial score (nSPS) is 21.6. The van der Waals surface area contributed by atoms with E-state index in [1.807, 2.05) is 47.1 Å². The SMILES string of the molecule is COc1ccc(-n2nnnc2C2(Nc3cccc(OC)c3)CCC(C)CC2)cc1. The fraction of sp³-hybridized carbons (Fsp3) is 0.409. The summed E-state index contributed by atoms with van der Waals surface area (Å²) in [5.41, 5.74) is 1.57. The Morgan fingerprint density at radius 1 is 1.00 bits per heavy atom. The molecule has 1 aliphatic rings. The Labute approximate surface area is 171 Å². The summed E-state index contributed by atoms with van der Waals surface area (Å²) in [6.07, 6.45) is 4.16. The number of hydrogen-bond donors (Lipinski definition) is 1. The van der Waals surface area contributed by atoms with E-state index in [0.717, 1.165) is 54.4 Å². The number of aromatic nitrogens is 4. The van der Waals surface area contributed by atoms with Gasteiger partial charge in [-0.2, -0.15) is 4.68 Å². The van der Waals surface area contributed by atoms with E-state index in [-0.39, 0.29) is 5.54 Å². The number of methoxy groups -OCH3 is 2. The van der Waals surface area contributed by atoms with Crippen molar-refractivity contribution in [2.45, 2.75) is 38.1 Å². The maximum Gasteiger partial charge on any atom is 0.181 e. The molecule has 0 saturated heterocycles. The van der Waals surface area contributed by atoms with Crippen LogP contribution in [0.4, 0.5) is 5.69 Å². The lowest BCUT2D eigenvalue weighted by atomic mass is 9.76. The Morgan fingerprint density at radius 3 is 2.41 bits per heavy atom. The molecule has 0 atom stereocenters. The predicted molar refractivity (Wildman–Crippen MR) is 112 cm³/mol. The number of nitrogens with one attached hydrogen (secondary N) is 1. The van der Waals surface area contributed by atoms with E-state index in [1.165, 1.54) is 0 Å². The lowest BCUT2D eigenvalue weighted by Crippen LogP contribution is -2.41. The molecule has 1 heterocycles. The molecule has 2 aromatic carbocycles. The van der Waals surface area contributed by atoms with Crippen LogP contribution >= 0.6 is 0 Å². The summed E-state index contributed by atoms with van der Waals surface area (Å²) in [7, 11) is 3.34. The van der Waals surface area contributed by atoms with Crippen molar-refractivity contribution in [3.05, 3.63) is 54.4 Å². The van der Waals surface area contributed by atoms with E-state index < -0.39 is 0 Å². The van der Waals surface area contributed by atoms with Crippen LogP contribution in [-0.4, -0.2) is 34.4 Å². The second-order valence-electron chi connectivity index (χ2n) is 7.73. The number of nitrogens with zero attached hydrogens (tertiary/aromatic N) is 4. The van der Waals surface area contributed by atoms with E-state index in [2.05, 4.69) is 33.8 Å². The molecule has 7 heteroatoms. The summed E-state index contributed by atoms with van der Waals surface area (Å²) in [6.45, 7) is 2.31. The van der Waals surface area contributed by atoms with Crippen LogP contribution < -0.4 is 14.8 Å². The standard InChI is InChI=1S/C22H27N5O2/c1-16-11-13-22(14-12-16,23-17-5-4-6-20(15-17)29-3)21-24-25-26-27(21)18-7-9-19(28-2)10-8-18/h4-10,15-16,23H,11-14H2,1-3H3. The second kappa shape index (κ2) is 8.11. The van der Waals surface area contributed by atoms with Crippen LogP contribution in [0.1, 0.15) is 38.4 Å². The molecular formula is C22H27N5O2. The van der Waals surface area contributed by atoms with Crippen LogP contribution in [0.15, 0.2) is 48.5 Å². The third-order valence-electron chi connectivity index (χ3n) is 5.80. The summed E-state index contributed by atoms with van der Waals surface area (Å²) in [5.74, 6) is 3.15. The summed E-state index contributed by atoms with van der Waals surface area (Å²) in [6, 6.07) is 15.8. The molecule has 1 fully saturated rings. The lowest BCUT2D eigenvalue weighted by molar-refractivity contribution is 0.255. The van der Waals surface area contributed by atoms with Gasteiger partial charge in [0, 0.05) is 11.8 Å². The highest BCUT2D eigenvalue weighted by atomic mass is 16.5. The predicted octanol–water partition coefficient (Wildman–Crippen LogP) is 4.20. The third-order valence-corrected chi connectivity index (χ3v) is 5.80. The molecule has 1 aromatic heterocycles. The molecule has 1 saturated carbocycles. The molecule has 0 aliphatic heterocycles. The van der Waals surface area contributed by atoms with E-state index in [1.54, 1.807) is 14.2 Å². The van der Waals surface area contributed by atoms with Gasteiger partial charge in [-0.05, 0) is 78.4 Å². The molecule has 0 radical (unpaired) electrons. The summed E-state index contributed by atoms with van der Waals surface area (Å²) < 4.78 is 12.5. The average Bonchev–Trinajstić information content (AvgIpc) is 3.26. The number of anilines is 1. The van der Waals surface area contributed by atoms with Gasteiger partial charge in [-0.3, -0.25) is 0 Å². The quantitative estimate of drug-likeness (QED) is 0.677. The van der Waals surface area contributed by atoms with Gasteiger partial charge in [0.1, 0.15) is 11.5 Å². The highest BCUT2D eigenvalue weighted by Gasteiger charge is 2.41. The maximum atomic E-state index is 5.40. The minimum Gasteiger partial charge on any atom is -0.497 e. The van der Waals surface area contributed by atoms with Crippen molar-refractivity contribution in [1.29, 1.82) is 0 Å². The zero-order chi connectivity index (χ0) is 20.3. The zero-order valence-electron chi connectivity index (χ0n) is 17.1. The lowest BCUT2D eigenvalue weighted by Gasteiger charge is -2.39. The first-order valence-corrected chi connectivity index (χ1v) is 9.99. The molecule has 0 unspecified atom stereocenters. The van der Waals surface area contributed by atoms with Gasteiger partial charge in [0.2, 0.25) is 0 Å². The largest absolute Gasteiger partial charge is 0.497 e. The minimum absolute atomic E-state index is 0.345. The van der Waals surface area contributed by atoms with Gasteiger partial charge in [0.05, 0.1) is 25.4 Å². The van der Waals surface area contributed by atoms with Crippen LogP contribution in [0.3, 0.4) is 0 Å². The van der Waals surface area contributed by atoms with Gasteiger partial charge in [-0.25, -0.2) is 0 Å². The Hall–Kier alpha value is -3.09. The summed E-state index contributed by atoms with van der Waals surface area (Å²) >= 11 is 0. The molecule has 1 aliphatic carbocycles. The highest BCUT2D eigenvalue weighted by Crippen LogP contribution is 2.42. The van der Waals surface area contributed by atoms with Crippen molar-refractivity contribution in [2.24, 2.45) is 5.92 Å². The van der Waals surface area contributed by atoms with Gasteiger partial charge in [0.25, 0.3) is 0 Å². The van der Waals surface area contributed by atoms with E-state index in [4.69, 9.17) is 9.47 Å². The Kier molecular flexibility index (Phi) is 5.38. The molecular weight excluding hydrogens is 366 g/mol. The molecule has 0 amide bonds. The number of ether oxygens (including phenoxy) is 2. The monoisotopic (exact) mass is 393 g/mol. The molecule has 3 aromatic rings. The molecule has 152 valence electrons. The van der Waals surface area contributed by atoms with Crippen LogP contribution in [0, 0.1) is 5.92 Å². The van der Waals surface area contributed by atoms with Gasteiger partial charge in [-0.1, -0.05) is 13.0 Å². The molecule has 0 spiro atoms. The Morgan fingerprint density at radius 2 is 1.72 bits per heavy atom. The Bertz CT molecular complexity index is 946. The third kappa shape index (κ3) is 3.90. The van der Waals surface area contributed by atoms with Crippen molar-refractivity contribution < 1.29 is 9.47 Å². The van der Waals surface area contributed by atoms with Crippen molar-refractivity contribution in [1.82, 2.24) is 20.2 Å².